The number of carbonyl (C=O) groups is 1. The maximum Gasteiger partial charge on any atom is 0.248 e. The van der Waals surface area contributed by atoms with Crippen LogP contribution in [-0.2, 0) is 9.53 Å². The lowest BCUT2D eigenvalue weighted by Crippen LogP contribution is -2.47. The summed E-state index contributed by atoms with van der Waals surface area (Å²) in [6.45, 7) is 2.11. The zero-order valence-corrected chi connectivity index (χ0v) is 10.9. The summed E-state index contributed by atoms with van der Waals surface area (Å²) in [6, 6.07) is -0.722. The SMILES string of the molecule is CNC(=O)[C@@H](N)[C@@H](C)OCC1CCC(F)(F)CC1. The van der Waals surface area contributed by atoms with Gasteiger partial charge in [-0.3, -0.25) is 4.79 Å². The molecule has 0 saturated heterocycles. The van der Waals surface area contributed by atoms with E-state index in [1.54, 1.807) is 6.92 Å². The minimum absolute atomic E-state index is 0.0725. The average molecular weight is 264 g/mol. The summed E-state index contributed by atoms with van der Waals surface area (Å²) in [6.07, 6.45) is 0.380. The number of amides is 1. The van der Waals surface area contributed by atoms with E-state index in [-0.39, 0.29) is 24.7 Å². The van der Waals surface area contributed by atoms with Gasteiger partial charge in [-0.2, -0.15) is 0 Å². The van der Waals surface area contributed by atoms with Crippen LogP contribution < -0.4 is 11.1 Å². The Morgan fingerprint density at radius 1 is 1.50 bits per heavy atom. The molecule has 4 nitrogen and oxygen atoms in total. The number of nitrogens with one attached hydrogen (secondary N) is 1. The number of alkyl halides is 2. The molecule has 1 fully saturated rings. The van der Waals surface area contributed by atoms with Gasteiger partial charge in [-0.15, -0.1) is 0 Å². The van der Waals surface area contributed by atoms with Gasteiger partial charge in [-0.05, 0) is 25.7 Å². The van der Waals surface area contributed by atoms with Crippen molar-refractivity contribution in [1.29, 1.82) is 0 Å². The molecule has 1 rings (SSSR count). The molecule has 3 N–H and O–H groups in total. The van der Waals surface area contributed by atoms with E-state index in [0.29, 0.717) is 19.4 Å². The van der Waals surface area contributed by atoms with E-state index in [2.05, 4.69) is 5.32 Å². The van der Waals surface area contributed by atoms with Crippen LogP contribution in [-0.4, -0.2) is 37.6 Å². The summed E-state index contributed by atoms with van der Waals surface area (Å²) in [4.78, 5) is 11.3. The van der Waals surface area contributed by atoms with Crippen LogP contribution in [0.5, 0.6) is 0 Å². The van der Waals surface area contributed by atoms with Crippen molar-refractivity contribution in [1.82, 2.24) is 5.32 Å². The number of hydrogen-bond donors (Lipinski definition) is 2. The van der Waals surface area contributed by atoms with Crippen LogP contribution in [0.3, 0.4) is 0 Å². The third kappa shape index (κ3) is 4.49. The Balaban J connectivity index is 2.27. The molecule has 0 spiro atoms. The minimum Gasteiger partial charge on any atom is -0.376 e. The van der Waals surface area contributed by atoms with E-state index in [4.69, 9.17) is 10.5 Å². The molecule has 0 aromatic carbocycles. The number of nitrogens with two attached hydrogens (primary N) is 1. The van der Waals surface area contributed by atoms with E-state index >= 15 is 0 Å². The first-order chi connectivity index (χ1) is 8.35. The van der Waals surface area contributed by atoms with Crippen LogP contribution in [0, 0.1) is 5.92 Å². The van der Waals surface area contributed by atoms with Crippen molar-refractivity contribution in [2.75, 3.05) is 13.7 Å². The summed E-state index contributed by atoms with van der Waals surface area (Å²) in [5.74, 6) is -2.65. The third-order valence-electron chi connectivity index (χ3n) is 3.49. The van der Waals surface area contributed by atoms with Crippen LogP contribution in [0.1, 0.15) is 32.6 Å². The molecule has 0 heterocycles. The number of hydrogen-bond acceptors (Lipinski definition) is 3. The van der Waals surface area contributed by atoms with Gasteiger partial charge >= 0.3 is 0 Å². The maximum absolute atomic E-state index is 12.9. The molecule has 1 aliphatic carbocycles. The number of halogens is 2. The van der Waals surface area contributed by atoms with Gasteiger partial charge in [0.25, 0.3) is 0 Å². The van der Waals surface area contributed by atoms with Gasteiger partial charge in [0.15, 0.2) is 0 Å². The molecule has 6 heteroatoms. The Morgan fingerprint density at radius 2 is 2.06 bits per heavy atom. The predicted octanol–water partition coefficient (Wildman–Crippen LogP) is 1.29. The lowest BCUT2D eigenvalue weighted by molar-refractivity contribution is -0.125. The second-order valence-corrected chi connectivity index (χ2v) is 4.98. The van der Waals surface area contributed by atoms with Crippen molar-refractivity contribution in [2.45, 2.75) is 50.7 Å². The molecule has 18 heavy (non-hydrogen) atoms. The summed E-state index contributed by atoms with van der Waals surface area (Å²) in [5.41, 5.74) is 5.67. The van der Waals surface area contributed by atoms with E-state index in [1.165, 1.54) is 7.05 Å². The van der Waals surface area contributed by atoms with Crippen LogP contribution in [0.2, 0.25) is 0 Å². The molecule has 0 unspecified atom stereocenters. The number of likely N-dealkylation sites (N-methyl/N-ethyl adjacent to an activating group) is 1. The topological polar surface area (TPSA) is 64.4 Å². The Labute approximate surface area is 106 Å². The fraction of sp³-hybridized carbons (Fsp3) is 0.917. The average Bonchev–Trinajstić information content (AvgIpc) is 2.35. The molecule has 0 bridgehead atoms. The smallest absolute Gasteiger partial charge is 0.248 e. The standard InChI is InChI=1S/C12H22F2N2O2/c1-8(10(15)11(17)16-2)18-7-9-3-5-12(13,14)6-4-9/h8-10H,3-7,15H2,1-2H3,(H,16,17)/t8-,10+/m1/s1. The Hall–Kier alpha value is -0.750. The molecular formula is C12H22F2N2O2. The second kappa shape index (κ2) is 6.43. The molecule has 106 valence electrons. The normalized spacial score (nSPS) is 23.4. The minimum atomic E-state index is -2.51. The van der Waals surface area contributed by atoms with Crippen LogP contribution >= 0.6 is 0 Å². The quantitative estimate of drug-likeness (QED) is 0.786. The largest absolute Gasteiger partial charge is 0.376 e. The van der Waals surface area contributed by atoms with Gasteiger partial charge in [0.2, 0.25) is 11.8 Å². The van der Waals surface area contributed by atoms with E-state index in [9.17, 15) is 13.6 Å². The molecule has 0 aliphatic heterocycles. The summed E-state index contributed by atoms with van der Waals surface area (Å²) in [7, 11) is 1.51. The van der Waals surface area contributed by atoms with Crippen LogP contribution in [0.4, 0.5) is 8.78 Å². The second-order valence-electron chi connectivity index (χ2n) is 4.98. The molecule has 2 atom stereocenters. The highest BCUT2D eigenvalue weighted by Crippen LogP contribution is 2.36. The Morgan fingerprint density at radius 3 is 2.56 bits per heavy atom. The zero-order chi connectivity index (χ0) is 13.8. The van der Waals surface area contributed by atoms with Crippen molar-refractivity contribution in [3.63, 3.8) is 0 Å². The molecule has 0 aromatic heterocycles. The first kappa shape index (κ1) is 15.3. The fourth-order valence-electron chi connectivity index (χ4n) is 2.04. The van der Waals surface area contributed by atoms with Gasteiger partial charge in [0.05, 0.1) is 6.10 Å². The highest BCUT2D eigenvalue weighted by atomic mass is 19.3. The Kier molecular flexibility index (Phi) is 5.47. The summed E-state index contributed by atoms with van der Waals surface area (Å²) < 4.78 is 31.4. The monoisotopic (exact) mass is 264 g/mol. The van der Waals surface area contributed by atoms with Crippen LogP contribution in [0.25, 0.3) is 0 Å². The first-order valence-electron chi connectivity index (χ1n) is 6.32. The molecule has 1 aliphatic rings. The fourth-order valence-corrected chi connectivity index (χ4v) is 2.04. The van der Waals surface area contributed by atoms with Crippen molar-refractivity contribution in [3.8, 4) is 0 Å². The predicted molar refractivity (Wildman–Crippen MR) is 64.4 cm³/mol. The zero-order valence-electron chi connectivity index (χ0n) is 10.9. The maximum atomic E-state index is 12.9. The lowest BCUT2D eigenvalue weighted by Gasteiger charge is -2.29. The van der Waals surface area contributed by atoms with E-state index < -0.39 is 18.1 Å². The summed E-state index contributed by atoms with van der Waals surface area (Å²) >= 11 is 0. The third-order valence-corrected chi connectivity index (χ3v) is 3.49. The molecule has 0 radical (unpaired) electrons. The van der Waals surface area contributed by atoms with E-state index in [1.807, 2.05) is 0 Å². The molecule has 0 aromatic rings. The number of ether oxygens (including phenoxy) is 1. The van der Waals surface area contributed by atoms with Gasteiger partial charge in [0, 0.05) is 26.5 Å². The van der Waals surface area contributed by atoms with Crippen molar-refractivity contribution in [2.24, 2.45) is 11.7 Å². The Bertz CT molecular complexity index is 277. The van der Waals surface area contributed by atoms with E-state index in [0.717, 1.165) is 0 Å². The van der Waals surface area contributed by atoms with Gasteiger partial charge in [0.1, 0.15) is 6.04 Å². The molecule has 1 saturated carbocycles. The first-order valence-corrected chi connectivity index (χ1v) is 6.32. The van der Waals surface area contributed by atoms with Crippen molar-refractivity contribution < 1.29 is 18.3 Å². The van der Waals surface area contributed by atoms with Crippen LogP contribution in [0.15, 0.2) is 0 Å². The highest BCUT2D eigenvalue weighted by molar-refractivity contribution is 5.81. The lowest BCUT2D eigenvalue weighted by atomic mass is 9.87. The van der Waals surface area contributed by atoms with Gasteiger partial charge in [-0.25, -0.2) is 8.78 Å². The van der Waals surface area contributed by atoms with Gasteiger partial charge in [-0.1, -0.05) is 0 Å². The number of rotatable bonds is 5. The van der Waals surface area contributed by atoms with Crippen molar-refractivity contribution >= 4 is 5.91 Å². The number of carbonyl (C=O) groups excluding carboxylic acids is 1. The van der Waals surface area contributed by atoms with Crippen molar-refractivity contribution in [3.05, 3.63) is 0 Å². The summed E-state index contributed by atoms with van der Waals surface area (Å²) in [5, 5.41) is 2.45. The molecule has 1 amide bonds. The highest BCUT2D eigenvalue weighted by Gasteiger charge is 2.35. The van der Waals surface area contributed by atoms with Gasteiger partial charge < -0.3 is 15.8 Å². The molecular weight excluding hydrogens is 242 g/mol.